The lowest BCUT2D eigenvalue weighted by Gasteiger charge is -2.20. The number of carbonyl (C=O) groups is 1. The van der Waals surface area contributed by atoms with Crippen molar-refractivity contribution in [1.82, 2.24) is 0 Å². The maximum atomic E-state index is 13.2. The lowest BCUT2D eigenvalue weighted by atomic mass is 10.1. The molecule has 0 atom stereocenters. The van der Waals surface area contributed by atoms with E-state index in [9.17, 15) is 26.4 Å². The number of rotatable bonds is 6. The molecule has 0 aromatic heterocycles. The number of benzene rings is 1. The van der Waals surface area contributed by atoms with E-state index in [1.807, 2.05) is 0 Å². The van der Waals surface area contributed by atoms with Gasteiger partial charge in [0, 0.05) is 36.5 Å². The minimum absolute atomic E-state index is 0.0433. The highest BCUT2D eigenvalue weighted by molar-refractivity contribution is 7.90. The van der Waals surface area contributed by atoms with Crippen LogP contribution in [0.15, 0.2) is 18.2 Å². The molecule has 1 aliphatic carbocycles. The molecule has 0 saturated heterocycles. The highest BCUT2D eigenvalue weighted by Crippen LogP contribution is 2.47. The molecule has 0 heterocycles. The fraction of sp³-hybridized carbons (Fsp3) is 0.533. The summed E-state index contributed by atoms with van der Waals surface area (Å²) in [5.41, 5.74) is -1.47. The Bertz CT molecular complexity index is 741. The SMILES string of the molecule is CC(=O)Nc1ccc(NCC2(CS(C)(=O)=O)CC2)c(C(F)(F)F)c1. The van der Waals surface area contributed by atoms with Crippen LogP contribution in [0.3, 0.4) is 0 Å². The van der Waals surface area contributed by atoms with Crippen LogP contribution in [0.4, 0.5) is 24.5 Å². The Hall–Kier alpha value is -1.77. The zero-order valence-electron chi connectivity index (χ0n) is 13.3. The van der Waals surface area contributed by atoms with Crippen LogP contribution in [-0.2, 0) is 20.8 Å². The first-order valence-corrected chi connectivity index (χ1v) is 9.37. The summed E-state index contributed by atoms with van der Waals surface area (Å²) < 4.78 is 62.5. The number of amides is 1. The minimum Gasteiger partial charge on any atom is -0.384 e. The second-order valence-electron chi connectivity index (χ2n) is 6.36. The smallest absolute Gasteiger partial charge is 0.384 e. The number of halogens is 3. The van der Waals surface area contributed by atoms with Crippen LogP contribution >= 0.6 is 0 Å². The summed E-state index contributed by atoms with van der Waals surface area (Å²) in [6.45, 7) is 1.37. The largest absolute Gasteiger partial charge is 0.418 e. The van der Waals surface area contributed by atoms with Crippen molar-refractivity contribution in [3.05, 3.63) is 23.8 Å². The van der Waals surface area contributed by atoms with Gasteiger partial charge in [0.25, 0.3) is 0 Å². The molecule has 1 aromatic carbocycles. The third kappa shape index (κ3) is 5.12. The lowest BCUT2D eigenvalue weighted by Crippen LogP contribution is -2.25. The second kappa shape index (κ2) is 6.27. The van der Waals surface area contributed by atoms with Crippen molar-refractivity contribution in [1.29, 1.82) is 0 Å². The molecule has 134 valence electrons. The molecule has 5 nitrogen and oxygen atoms in total. The molecule has 0 bridgehead atoms. The Balaban J connectivity index is 2.19. The highest BCUT2D eigenvalue weighted by atomic mass is 32.2. The average molecular weight is 364 g/mol. The average Bonchev–Trinajstić information content (AvgIpc) is 3.13. The van der Waals surface area contributed by atoms with E-state index in [2.05, 4.69) is 10.6 Å². The van der Waals surface area contributed by atoms with Crippen molar-refractivity contribution in [2.24, 2.45) is 5.41 Å². The number of hydrogen-bond acceptors (Lipinski definition) is 4. The fourth-order valence-corrected chi connectivity index (χ4v) is 4.10. The normalized spacial score (nSPS) is 16.5. The summed E-state index contributed by atoms with van der Waals surface area (Å²) in [4.78, 5) is 11.0. The van der Waals surface area contributed by atoms with E-state index in [4.69, 9.17) is 0 Å². The first kappa shape index (κ1) is 18.6. The van der Waals surface area contributed by atoms with Crippen LogP contribution in [-0.4, -0.2) is 32.9 Å². The van der Waals surface area contributed by atoms with Gasteiger partial charge in [-0.3, -0.25) is 4.79 Å². The Morgan fingerprint density at radius 1 is 1.29 bits per heavy atom. The molecule has 2 rings (SSSR count). The molecule has 1 saturated carbocycles. The summed E-state index contributed by atoms with van der Waals surface area (Å²) in [5.74, 6) is -0.507. The van der Waals surface area contributed by atoms with Crippen LogP contribution in [0.2, 0.25) is 0 Å². The van der Waals surface area contributed by atoms with Gasteiger partial charge in [0.2, 0.25) is 5.91 Å². The lowest BCUT2D eigenvalue weighted by molar-refractivity contribution is -0.137. The van der Waals surface area contributed by atoms with Crippen molar-refractivity contribution >= 4 is 27.1 Å². The minimum atomic E-state index is -4.59. The number of nitrogens with one attached hydrogen (secondary N) is 2. The summed E-state index contributed by atoms with van der Waals surface area (Å²) in [5, 5.41) is 5.04. The first-order valence-electron chi connectivity index (χ1n) is 7.31. The number of alkyl halides is 3. The van der Waals surface area contributed by atoms with Crippen LogP contribution in [0.25, 0.3) is 0 Å². The van der Waals surface area contributed by atoms with Crippen molar-refractivity contribution in [2.75, 3.05) is 29.2 Å². The molecule has 0 radical (unpaired) electrons. The third-order valence-electron chi connectivity index (χ3n) is 3.82. The fourth-order valence-electron chi connectivity index (χ4n) is 2.60. The Morgan fingerprint density at radius 3 is 2.38 bits per heavy atom. The molecule has 9 heteroatoms. The van der Waals surface area contributed by atoms with Gasteiger partial charge >= 0.3 is 6.18 Å². The van der Waals surface area contributed by atoms with Gasteiger partial charge in [-0.25, -0.2) is 8.42 Å². The van der Waals surface area contributed by atoms with E-state index in [1.54, 1.807) is 0 Å². The van der Waals surface area contributed by atoms with E-state index >= 15 is 0 Å². The summed E-state index contributed by atoms with van der Waals surface area (Å²) in [6, 6.07) is 3.47. The topological polar surface area (TPSA) is 75.3 Å². The van der Waals surface area contributed by atoms with E-state index in [0.29, 0.717) is 12.8 Å². The van der Waals surface area contributed by atoms with Crippen molar-refractivity contribution in [3.63, 3.8) is 0 Å². The number of anilines is 2. The Kier molecular flexibility index (Phi) is 4.85. The number of sulfone groups is 1. The first-order chi connectivity index (χ1) is 10.9. The molecule has 1 fully saturated rings. The van der Waals surface area contributed by atoms with Crippen molar-refractivity contribution < 1.29 is 26.4 Å². The molecule has 0 unspecified atom stereocenters. The maximum Gasteiger partial charge on any atom is 0.418 e. The van der Waals surface area contributed by atoms with Gasteiger partial charge < -0.3 is 10.6 Å². The third-order valence-corrected chi connectivity index (χ3v) is 4.96. The van der Waals surface area contributed by atoms with Crippen molar-refractivity contribution in [3.8, 4) is 0 Å². The van der Waals surface area contributed by atoms with Gasteiger partial charge in [-0.15, -0.1) is 0 Å². The molecule has 1 aliphatic rings. The van der Waals surface area contributed by atoms with Gasteiger partial charge in [0.05, 0.1) is 11.3 Å². The zero-order valence-corrected chi connectivity index (χ0v) is 14.1. The Labute approximate surface area is 138 Å². The second-order valence-corrected chi connectivity index (χ2v) is 8.50. The molecule has 2 N–H and O–H groups in total. The van der Waals surface area contributed by atoms with Gasteiger partial charge in [-0.2, -0.15) is 13.2 Å². The maximum absolute atomic E-state index is 13.2. The standard InChI is InChI=1S/C15H19F3N2O3S/c1-10(21)20-11-3-4-13(12(7-11)15(16,17)18)19-8-14(5-6-14)9-24(2,22)23/h3-4,7,19H,5-6,8-9H2,1-2H3,(H,20,21). The quantitative estimate of drug-likeness (QED) is 0.814. The molecular weight excluding hydrogens is 345 g/mol. The van der Waals surface area contributed by atoms with Gasteiger partial charge in [-0.1, -0.05) is 0 Å². The molecule has 0 spiro atoms. The summed E-state index contributed by atoms with van der Waals surface area (Å²) in [6.07, 6.45) is -2.14. The Morgan fingerprint density at radius 2 is 1.92 bits per heavy atom. The molecule has 1 amide bonds. The summed E-state index contributed by atoms with van der Waals surface area (Å²) >= 11 is 0. The van der Waals surface area contributed by atoms with Crippen LogP contribution < -0.4 is 10.6 Å². The monoisotopic (exact) mass is 364 g/mol. The van der Waals surface area contributed by atoms with Crippen LogP contribution in [0.1, 0.15) is 25.3 Å². The molecule has 1 aromatic rings. The zero-order chi connectivity index (χ0) is 18.2. The molecular formula is C15H19F3N2O3S. The summed E-state index contributed by atoms with van der Waals surface area (Å²) in [7, 11) is -3.19. The van der Waals surface area contributed by atoms with E-state index in [1.165, 1.54) is 19.1 Å². The van der Waals surface area contributed by atoms with Gasteiger partial charge in [0.1, 0.15) is 9.84 Å². The molecule has 24 heavy (non-hydrogen) atoms. The van der Waals surface area contributed by atoms with Crippen molar-refractivity contribution in [2.45, 2.75) is 25.9 Å². The predicted molar refractivity (Wildman–Crippen MR) is 85.6 cm³/mol. The number of hydrogen-bond donors (Lipinski definition) is 2. The van der Waals surface area contributed by atoms with Crippen LogP contribution in [0.5, 0.6) is 0 Å². The highest BCUT2D eigenvalue weighted by Gasteiger charge is 2.45. The van der Waals surface area contributed by atoms with Gasteiger partial charge in [-0.05, 0) is 31.0 Å². The van der Waals surface area contributed by atoms with E-state index in [0.717, 1.165) is 12.3 Å². The number of carbonyl (C=O) groups excluding carboxylic acids is 1. The van der Waals surface area contributed by atoms with Crippen LogP contribution in [0, 0.1) is 5.41 Å². The van der Waals surface area contributed by atoms with E-state index < -0.39 is 32.9 Å². The van der Waals surface area contributed by atoms with Gasteiger partial charge in [0.15, 0.2) is 0 Å². The predicted octanol–water partition coefficient (Wildman–Crippen LogP) is 2.90. The molecule has 0 aliphatic heterocycles. The van der Waals surface area contributed by atoms with E-state index in [-0.39, 0.29) is 23.7 Å².